The van der Waals surface area contributed by atoms with Gasteiger partial charge in [0, 0.05) is 0 Å². The molecule has 0 saturated carbocycles. The number of hydrogen-bond acceptors (Lipinski definition) is 3. The molecule has 7 heteroatoms. The van der Waals surface area contributed by atoms with E-state index in [1.165, 1.54) is 7.11 Å². The second kappa shape index (κ2) is 3.82. The van der Waals surface area contributed by atoms with Crippen LogP contribution in [0, 0.1) is 5.95 Å². The van der Waals surface area contributed by atoms with E-state index in [1.54, 1.807) is 0 Å². The average molecular weight is 245 g/mol. The van der Waals surface area contributed by atoms with Gasteiger partial charge in [0.15, 0.2) is 11.6 Å². The van der Waals surface area contributed by atoms with Gasteiger partial charge in [-0.25, -0.2) is 4.98 Å². The third kappa shape index (κ3) is 2.56. The van der Waals surface area contributed by atoms with Crippen LogP contribution in [0.2, 0.25) is 0 Å². The molecule has 0 N–H and O–H groups in total. The van der Waals surface area contributed by atoms with E-state index >= 15 is 0 Å². The third-order valence-electron chi connectivity index (χ3n) is 1.18. The highest BCUT2D eigenvalue weighted by atomic mass is 35.6. The van der Waals surface area contributed by atoms with Gasteiger partial charge in [-0.2, -0.15) is 9.37 Å². The molecule has 0 aromatic carbocycles. The summed E-state index contributed by atoms with van der Waals surface area (Å²) in [5, 5.41) is 0. The number of methoxy groups -OCH3 is 1. The highest BCUT2D eigenvalue weighted by Crippen LogP contribution is 2.36. The first-order chi connectivity index (χ1) is 5.95. The van der Waals surface area contributed by atoms with E-state index in [9.17, 15) is 4.39 Å². The van der Waals surface area contributed by atoms with Gasteiger partial charge in [0.05, 0.1) is 13.3 Å². The van der Waals surface area contributed by atoms with Gasteiger partial charge in [0.1, 0.15) is 0 Å². The van der Waals surface area contributed by atoms with Gasteiger partial charge in [-0.05, 0) is 0 Å². The van der Waals surface area contributed by atoms with Gasteiger partial charge < -0.3 is 4.74 Å². The van der Waals surface area contributed by atoms with E-state index in [2.05, 4.69) is 14.7 Å². The van der Waals surface area contributed by atoms with E-state index in [0.717, 1.165) is 6.20 Å². The Morgan fingerprint density at radius 2 is 2.08 bits per heavy atom. The van der Waals surface area contributed by atoms with Crippen LogP contribution in [0.3, 0.4) is 0 Å². The Hall–Kier alpha value is -0.320. The Morgan fingerprint density at radius 1 is 1.46 bits per heavy atom. The van der Waals surface area contributed by atoms with Crippen LogP contribution in [-0.2, 0) is 3.79 Å². The first-order valence-electron chi connectivity index (χ1n) is 3.09. The van der Waals surface area contributed by atoms with Crippen molar-refractivity contribution in [1.29, 1.82) is 0 Å². The van der Waals surface area contributed by atoms with Crippen molar-refractivity contribution in [2.24, 2.45) is 0 Å². The Kier molecular flexibility index (Phi) is 3.16. The number of alkyl halides is 3. The lowest BCUT2D eigenvalue weighted by Crippen LogP contribution is -2.09. The molecule has 0 aliphatic heterocycles. The maximum absolute atomic E-state index is 12.9. The zero-order valence-corrected chi connectivity index (χ0v) is 8.66. The molecule has 0 saturated heterocycles. The minimum Gasteiger partial charge on any atom is -0.491 e. The second-order valence-corrected chi connectivity index (χ2v) is 4.33. The zero-order valence-electron chi connectivity index (χ0n) is 6.39. The van der Waals surface area contributed by atoms with Crippen molar-refractivity contribution in [2.75, 3.05) is 7.11 Å². The molecule has 13 heavy (non-hydrogen) atoms. The van der Waals surface area contributed by atoms with E-state index in [1.807, 2.05) is 0 Å². The molecule has 0 aliphatic carbocycles. The van der Waals surface area contributed by atoms with Gasteiger partial charge in [-0.1, -0.05) is 34.8 Å². The van der Waals surface area contributed by atoms with E-state index < -0.39 is 9.74 Å². The Morgan fingerprint density at radius 3 is 2.46 bits per heavy atom. The first kappa shape index (κ1) is 10.8. The van der Waals surface area contributed by atoms with Crippen molar-refractivity contribution in [3.8, 4) is 5.75 Å². The number of aromatic nitrogens is 2. The van der Waals surface area contributed by atoms with Gasteiger partial charge in [0.2, 0.25) is 3.79 Å². The number of halogens is 4. The smallest absolute Gasteiger partial charge is 0.258 e. The number of nitrogens with zero attached hydrogens (tertiary/aromatic N) is 2. The van der Waals surface area contributed by atoms with Gasteiger partial charge >= 0.3 is 0 Å². The topological polar surface area (TPSA) is 35.0 Å². The van der Waals surface area contributed by atoms with Crippen LogP contribution in [0.4, 0.5) is 4.39 Å². The average Bonchev–Trinajstić information content (AvgIpc) is 2.02. The molecule has 1 aromatic rings. The fourth-order valence-electron chi connectivity index (χ4n) is 0.623. The predicted molar refractivity (Wildman–Crippen MR) is 47.8 cm³/mol. The maximum Gasteiger partial charge on any atom is 0.258 e. The highest BCUT2D eigenvalue weighted by molar-refractivity contribution is 6.66. The third-order valence-corrected chi connectivity index (χ3v) is 1.69. The van der Waals surface area contributed by atoms with Crippen LogP contribution in [-0.4, -0.2) is 17.1 Å². The van der Waals surface area contributed by atoms with Crippen LogP contribution in [0.25, 0.3) is 0 Å². The van der Waals surface area contributed by atoms with Crippen molar-refractivity contribution >= 4 is 34.8 Å². The molecule has 0 atom stereocenters. The molecule has 1 rings (SSSR count). The molecular weight excluding hydrogens is 241 g/mol. The van der Waals surface area contributed by atoms with Crippen LogP contribution in [0.1, 0.15) is 5.82 Å². The summed E-state index contributed by atoms with van der Waals surface area (Å²) < 4.78 is 15.7. The molecule has 0 bridgehead atoms. The zero-order chi connectivity index (χ0) is 10.1. The van der Waals surface area contributed by atoms with Gasteiger partial charge in [-0.3, -0.25) is 0 Å². The minimum atomic E-state index is -1.83. The van der Waals surface area contributed by atoms with E-state index in [4.69, 9.17) is 34.8 Å². The maximum atomic E-state index is 12.9. The molecule has 0 radical (unpaired) electrons. The normalized spacial score (nSPS) is 11.5. The molecule has 1 heterocycles. The van der Waals surface area contributed by atoms with Crippen molar-refractivity contribution in [3.63, 3.8) is 0 Å². The summed E-state index contributed by atoms with van der Waals surface area (Å²) in [5.74, 6) is -1.19. The fourth-order valence-corrected chi connectivity index (χ4v) is 0.897. The highest BCUT2D eigenvalue weighted by Gasteiger charge is 2.27. The molecule has 0 aliphatic rings. The van der Waals surface area contributed by atoms with Crippen LogP contribution >= 0.6 is 34.8 Å². The summed E-state index contributed by atoms with van der Waals surface area (Å²) in [5.41, 5.74) is 0. The van der Waals surface area contributed by atoms with Crippen molar-refractivity contribution < 1.29 is 9.13 Å². The first-order valence-corrected chi connectivity index (χ1v) is 4.22. The largest absolute Gasteiger partial charge is 0.491 e. The number of rotatable bonds is 1. The summed E-state index contributed by atoms with van der Waals surface area (Å²) >= 11 is 16.3. The van der Waals surface area contributed by atoms with Crippen LogP contribution in [0.5, 0.6) is 5.75 Å². The van der Waals surface area contributed by atoms with E-state index in [0.29, 0.717) is 0 Å². The van der Waals surface area contributed by atoms with Crippen LogP contribution in [0.15, 0.2) is 6.20 Å². The predicted octanol–water partition coefficient (Wildman–Crippen LogP) is 2.45. The molecule has 0 spiro atoms. The quantitative estimate of drug-likeness (QED) is 0.563. The SMILES string of the molecule is COc1cnc(C(Cl)(Cl)Cl)nc1F. The van der Waals surface area contributed by atoms with Crippen LogP contribution < -0.4 is 4.74 Å². The van der Waals surface area contributed by atoms with Gasteiger partial charge in [-0.15, -0.1) is 0 Å². The Balaban J connectivity index is 3.10. The lowest BCUT2D eigenvalue weighted by atomic mass is 10.5. The molecule has 0 unspecified atom stereocenters. The number of ether oxygens (including phenoxy) is 1. The standard InChI is InChI=1S/C6H4Cl3FN2O/c1-13-3-2-11-5(6(7,8)9)12-4(3)10/h2H,1H3. The molecule has 72 valence electrons. The Bertz CT molecular complexity index is 315. The summed E-state index contributed by atoms with van der Waals surface area (Å²) in [7, 11) is 1.29. The lowest BCUT2D eigenvalue weighted by Gasteiger charge is -2.09. The van der Waals surface area contributed by atoms with Crippen molar-refractivity contribution in [3.05, 3.63) is 18.0 Å². The van der Waals surface area contributed by atoms with Crippen molar-refractivity contribution in [1.82, 2.24) is 9.97 Å². The fraction of sp³-hybridized carbons (Fsp3) is 0.333. The number of hydrogen-bond donors (Lipinski definition) is 0. The molecule has 3 nitrogen and oxygen atoms in total. The molecule has 1 aromatic heterocycles. The molecular formula is C6H4Cl3FN2O. The summed E-state index contributed by atoms with van der Waals surface area (Å²) in [6.07, 6.45) is 1.10. The molecule has 0 amide bonds. The second-order valence-electron chi connectivity index (χ2n) is 2.05. The summed E-state index contributed by atoms with van der Waals surface area (Å²) in [4.78, 5) is 6.93. The molecule has 0 fully saturated rings. The minimum absolute atomic E-state index is 0.0991. The van der Waals surface area contributed by atoms with E-state index in [-0.39, 0.29) is 11.6 Å². The van der Waals surface area contributed by atoms with Gasteiger partial charge in [0.25, 0.3) is 5.95 Å². The monoisotopic (exact) mass is 244 g/mol. The lowest BCUT2D eigenvalue weighted by molar-refractivity contribution is 0.373. The van der Waals surface area contributed by atoms with Crippen molar-refractivity contribution in [2.45, 2.75) is 3.79 Å². The Labute approximate surface area is 88.8 Å². The summed E-state index contributed by atoms with van der Waals surface area (Å²) in [6, 6.07) is 0. The summed E-state index contributed by atoms with van der Waals surface area (Å²) in [6.45, 7) is 0.